The van der Waals surface area contributed by atoms with Crippen molar-refractivity contribution in [1.82, 2.24) is 14.4 Å². The zero-order valence-electron chi connectivity index (χ0n) is 7.16. The van der Waals surface area contributed by atoms with Crippen molar-refractivity contribution >= 4 is 21.7 Å². The van der Waals surface area contributed by atoms with Crippen molar-refractivity contribution in [2.45, 2.75) is 13.5 Å². The van der Waals surface area contributed by atoms with Gasteiger partial charge in [0.05, 0.1) is 11.9 Å². The summed E-state index contributed by atoms with van der Waals surface area (Å²) in [6.07, 6.45) is 1.73. The molecule has 13 heavy (non-hydrogen) atoms. The lowest BCUT2D eigenvalue weighted by molar-refractivity contribution is 0.932. The van der Waals surface area contributed by atoms with Gasteiger partial charge in [0.1, 0.15) is 4.60 Å². The molecule has 0 aliphatic rings. The van der Waals surface area contributed by atoms with E-state index in [1.165, 1.54) is 0 Å². The summed E-state index contributed by atoms with van der Waals surface area (Å²) in [6.45, 7) is 2.45. The minimum absolute atomic E-state index is 0.446. The molecule has 4 nitrogen and oxygen atoms in total. The summed E-state index contributed by atoms with van der Waals surface area (Å²) >= 11 is 3.39. The van der Waals surface area contributed by atoms with Crippen LogP contribution in [-0.2, 0) is 6.54 Å². The molecule has 5 heteroatoms. The Morgan fingerprint density at radius 2 is 2.38 bits per heavy atom. The van der Waals surface area contributed by atoms with Gasteiger partial charge in [-0.05, 0) is 28.9 Å². The van der Waals surface area contributed by atoms with E-state index in [0.717, 1.165) is 16.0 Å². The van der Waals surface area contributed by atoms with Crippen LogP contribution >= 0.6 is 15.9 Å². The summed E-state index contributed by atoms with van der Waals surface area (Å²) in [5.74, 6) is 0.687. The fourth-order valence-electron chi connectivity index (χ4n) is 1.30. The van der Waals surface area contributed by atoms with Crippen LogP contribution in [0.3, 0.4) is 0 Å². The first-order valence-corrected chi connectivity index (χ1v) is 4.71. The van der Waals surface area contributed by atoms with Gasteiger partial charge in [-0.1, -0.05) is 0 Å². The normalized spacial score (nSPS) is 11.0. The quantitative estimate of drug-likeness (QED) is 0.817. The van der Waals surface area contributed by atoms with Crippen LogP contribution in [0.15, 0.2) is 16.9 Å². The molecule has 2 rings (SSSR count). The molecule has 0 saturated carbocycles. The SMILES string of the molecule is Cc1cc(CN)nc2ncc(Br)n12. The minimum Gasteiger partial charge on any atom is -0.325 e. The van der Waals surface area contributed by atoms with E-state index in [4.69, 9.17) is 5.73 Å². The lowest BCUT2D eigenvalue weighted by Crippen LogP contribution is -2.04. The first kappa shape index (κ1) is 8.65. The highest BCUT2D eigenvalue weighted by atomic mass is 79.9. The van der Waals surface area contributed by atoms with E-state index < -0.39 is 0 Å². The van der Waals surface area contributed by atoms with Crippen molar-refractivity contribution in [1.29, 1.82) is 0 Å². The minimum atomic E-state index is 0.446. The van der Waals surface area contributed by atoms with E-state index in [-0.39, 0.29) is 0 Å². The molecule has 0 aliphatic heterocycles. The van der Waals surface area contributed by atoms with Crippen LogP contribution < -0.4 is 5.73 Å². The third-order valence-electron chi connectivity index (χ3n) is 1.88. The number of aryl methyl sites for hydroxylation is 1. The molecule has 0 unspecified atom stereocenters. The zero-order valence-corrected chi connectivity index (χ0v) is 8.74. The van der Waals surface area contributed by atoms with Crippen LogP contribution in [0.2, 0.25) is 0 Å². The van der Waals surface area contributed by atoms with Crippen molar-refractivity contribution < 1.29 is 0 Å². The smallest absolute Gasteiger partial charge is 0.235 e. The summed E-state index contributed by atoms with van der Waals surface area (Å²) in [5, 5.41) is 0. The van der Waals surface area contributed by atoms with Gasteiger partial charge in [-0.25, -0.2) is 9.97 Å². The molecule has 0 bridgehead atoms. The maximum atomic E-state index is 5.51. The number of hydrogen-bond donors (Lipinski definition) is 1. The third kappa shape index (κ3) is 1.34. The van der Waals surface area contributed by atoms with E-state index in [0.29, 0.717) is 12.3 Å². The highest BCUT2D eigenvalue weighted by molar-refractivity contribution is 9.10. The number of imidazole rings is 1. The number of halogens is 1. The van der Waals surface area contributed by atoms with E-state index in [2.05, 4.69) is 25.9 Å². The van der Waals surface area contributed by atoms with Crippen molar-refractivity contribution in [3.63, 3.8) is 0 Å². The summed E-state index contributed by atoms with van der Waals surface area (Å²) < 4.78 is 2.84. The van der Waals surface area contributed by atoms with Crippen LogP contribution in [0.25, 0.3) is 5.78 Å². The van der Waals surface area contributed by atoms with Crippen LogP contribution in [0.4, 0.5) is 0 Å². The Bertz CT molecular complexity index is 449. The predicted molar refractivity (Wildman–Crippen MR) is 53.3 cm³/mol. The number of aromatic nitrogens is 3. The van der Waals surface area contributed by atoms with Gasteiger partial charge in [-0.3, -0.25) is 4.40 Å². The molecule has 2 aromatic rings. The maximum absolute atomic E-state index is 5.51. The van der Waals surface area contributed by atoms with Gasteiger partial charge in [0, 0.05) is 12.2 Å². The fourth-order valence-corrected chi connectivity index (χ4v) is 1.84. The Labute approximate surface area is 83.9 Å². The van der Waals surface area contributed by atoms with Crippen molar-refractivity contribution in [3.05, 3.63) is 28.3 Å². The Morgan fingerprint density at radius 1 is 1.62 bits per heavy atom. The van der Waals surface area contributed by atoms with Gasteiger partial charge < -0.3 is 5.73 Å². The Morgan fingerprint density at radius 3 is 3.08 bits per heavy atom. The topological polar surface area (TPSA) is 56.2 Å². The van der Waals surface area contributed by atoms with Gasteiger partial charge in [-0.2, -0.15) is 0 Å². The molecule has 68 valence electrons. The van der Waals surface area contributed by atoms with Gasteiger partial charge in [-0.15, -0.1) is 0 Å². The average molecular weight is 241 g/mol. The molecular formula is C8H9BrN4. The van der Waals surface area contributed by atoms with E-state index in [9.17, 15) is 0 Å². The predicted octanol–water partition coefficient (Wildman–Crippen LogP) is 1.26. The second-order valence-corrected chi connectivity index (χ2v) is 3.62. The Kier molecular flexibility index (Phi) is 2.05. The number of nitrogens with two attached hydrogens (primary N) is 1. The van der Waals surface area contributed by atoms with Gasteiger partial charge in [0.2, 0.25) is 5.78 Å². The van der Waals surface area contributed by atoms with Crippen LogP contribution in [-0.4, -0.2) is 14.4 Å². The molecule has 0 atom stereocenters. The first-order chi connectivity index (χ1) is 6.22. The molecular weight excluding hydrogens is 232 g/mol. The standard InChI is InChI=1S/C8H9BrN4/c1-5-2-6(3-10)12-8-11-4-7(9)13(5)8/h2,4H,3,10H2,1H3. The highest BCUT2D eigenvalue weighted by Crippen LogP contribution is 2.14. The van der Waals surface area contributed by atoms with Crippen molar-refractivity contribution in [2.24, 2.45) is 5.73 Å². The van der Waals surface area contributed by atoms with Crippen LogP contribution in [0.1, 0.15) is 11.4 Å². The molecule has 0 amide bonds. The van der Waals surface area contributed by atoms with E-state index >= 15 is 0 Å². The largest absolute Gasteiger partial charge is 0.325 e. The second-order valence-electron chi connectivity index (χ2n) is 2.81. The third-order valence-corrected chi connectivity index (χ3v) is 2.44. The molecule has 0 fully saturated rings. The van der Waals surface area contributed by atoms with Gasteiger partial charge in [0.15, 0.2) is 0 Å². The molecule has 2 N–H and O–H groups in total. The molecule has 0 radical (unpaired) electrons. The van der Waals surface area contributed by atoms with Crippen molar-refractivity contribution in [3.8, 4) is 0 Å². The van der Waals surface area contributed by atoms with Crippen molar-refractivity contribution in [2.75, 3.05) is 0 Å². The zero-order chi connectivity index (χ0) is 9.42. The van der Waals surface area contributed by atoms with Gasteiger partial charge in [0.25, 0.3) is 0 Å². The summed E-state index contributed by atoms with van der Waals surface area (Å²) in [5.41, 5.74) is 7.45. The molecule has 2 aromatic heterocycles. The fraction of sp³-hybridized carbons (Fsp3) is 0.250. The number of rotatable bonds is 1. The number of hydrogen-bond acceptors (Lipinski definition) is 3. The average Bonchev–Trinajstić information content (AvgIpc) is 2.48. The lowest BCUT2D eigenvalue weighted by Gasteiger charge is -2.02. The number of nitrogens with zero attached hydrogens (tertiary/aromatic N) is 3. The van der Waals surface area contributed by atoms with Crippen LogP contribution in [0, 0.1) is 6.92 Å². The van der Waals surface area contributed by atoms with E-state index in [1.54, 1.807) is 6.20 Å². The molecule has 0 aliphatic carbocycles. The maximum Gasteiger partial charge on any atom is 0.235 e. The monoisotopic (exact) mass is 240 g/mol. The molecule has 2 heterocycles. The molecule has 0 saturated heterocycles. The summed E-state index contributed by atoms with van der Waals surface area (Å²) in [6, 6.07) is 1.96. The Hall–Kier alpha value is -0.940. The highest BCUT2D eigenvalue weighted by Gasteiger charge is 2.05. The van der Waals surface area contributed by atoms with E-state index in [1.807, 2.05) is 17.4 Å². The lowest BCUT2D eigenvalue weighted by atomic mass is 10.3. The second kappa shape index (κ2) is 3.08. The first-order valence-electron chi connectivity index (χ1n) is 3.92. The molecule has 0 aromatic carbocycles. The van der Waals surface area contributed by atoms with Crippen LogP contribution in [0.5, 0.6) is 0 Å². The summed E-state index contributed by atoms with van der Waals surface area (Å²) in [4.78, 5) is 8.41. The Balaban J connectivity index is 2.79. The van der Waals surface area contributed by atoms with Gasteiger partial charge >= 0.3 is 0 Å². The number of fused-ring (bicyclic) bond motifs is 1. The molecule has 0 spiro atoms. The summed E-state index contributed by atoms with van der Waals surface area (Å²) in [7, 11) is 0.